The second-order valence-corrected chi connectivity index (χ2v) is 6.87. The standard InChI is InChI=1S/C21H18N4OS/c1-14-8-7-13-25-18(14)23-17(15-9-4-3-5-10-15)19(25)24-20(26)16-11-6-12-22-21(16)27-2/h3-13H,1-2H3,(H,24,26). The number of hydrogen-bond donors (Lipinski definition) is 1. The fraction of sp³-hybridized carbons (Fsp3) is 0.0952. The Balaban J connectivity index is 1.85. The van der Waals surface area contributed by atoms with Crippen molar-refractivity contribution in [1.82, 2.24) is 14.4 Å². The maximum Gasteiger partial charge on any atom is 0.259 e. The first kappa shape index (κ1) is 17.3. The lowest BCUT2D eigenvalue weighted by atomic mass is 10.1. The van der Waals surface area contributed by atoms with Gasteiger partial charge in [0.2, 0.25) is 0 Å². The lowest BCUT2D eigenvalue weighted by Gasteiger charge is -2.10. The van der Waals surface area contributed by atoms with E-state index in [1.54, 1.807) is 18.3 Å². The van der Waals surface area contributed by atoms with Crippen molar-refractivity contribution in [2.45, 2.75) is 11.9 Å². The molecule has 0 bridgehead atoms. The molecule has 0 fully saturated rings. The summed E-state index contributed by atoms with van der Waals surface area (Å²) < 4.78 is 1.92. The molecule has 0 aliphatic carbocycles. The molecule has 0 saturated heterocycles. The zero-order valence-corrected chi connectivity index (χ0v) is 15.8. The highest BCUT2D eigenvalue weighted by molar-refractivity contribution is 7.98. The number of aromatic nitrogens is 3. The summed E-state index contributed by atoms with van der Waals surface area (Å²) in [5.41, 5.74) is 4.11. The number of aryl methyl sites for hydroxylation is 1. The van der Waals surface area contributed by atoms with Crippen LogP contribution in [0.2, 0.25) is 0 Å². The fourth-order valence-corrected chi connectivity index (χ4v) is 3.57. The van der Waals surface area contributed by atoms with E-state index in [0.29, 0.717) is 16.4 Å². The Hall–Kier alpha value is -3.12. The summed E-state index contributed by atoms with van der Waals surface area (Å²) in [5, 5.41) is 3.75. The molecule has 3 aromatic heterocycles. The molecule has 3 heterocycles. The normalized spacial score (nSPS) is 10.9. The number of carbonyl (C=O) groups is 1. The molecule has 4 rings (SSSR count). The van der Waals surface area contributed by atoms with Crippen molar-refractivity contribution >= 4 is 29.1 Å². The van der Waals surface area contributed by atoms with Gasteiger partial charge < -0.3 is 5.32 Å². The first-order valence-electron chi connectivity index (χ1n) is 8.52. The number of fused-ring (bicyclic) bond motifs is 1. The highest BCUT2D eigenvalue weighted by Crippen LogP contribution is 2.30. The number of hydrogen-bond acceptors (Lipinski definition) is 4. The number of rotatable bonds is 4. The Labute approximate surface area is 161 Å². The topological polar surface area (TPSA) is 59.3 Å². The molecule has 6 heteroatoms. The third-order valence-corrected chi connectivity index (χ3v) is 5.05. The summed E-state index contributed by atoms with van der Waals surface area (Å²) in [7, 11) is 0. The minimum absolute atomic E-state index is 0.201. The molecule has 27 heavy (non-hydrogen) atoms. The van der Waals surface area contributed by atoms with Crippen LogP contribution in [0.4, 0.5) is 5.82 Å². The van der Waals surface area contributed by atoms with Crippen molar-refractivity contribution in [1.29, 1.82) is 0 Å². The first-order chi connectivity index (χ1) is 13.2. The van der Waals surface area contributed by atoms with Crippen LogP contribution >= 0.6 is 11.8 Å². The minimum atomic E-state index is -0.201. The number of benzene rings is 1. The van der Waals surface area contributed by atoms with Crippen LogP contribution in [0.5, 0.6) is 0 Å². The summed E-state index contributed by atoms with van der Waals surface area (Å²) in [6.07, 6.45) is 5.51. The van der Waals surface area contributed by atoms with Crippen molar-refractivity contribution in [3.63, 3.8) is 0 Å². The number of thioether (sulfide) groups is 1. The summed E-state index contributed by atoms with van der Waals surface area (Å²) in [5.74, 6) is 0.453. The molecule has 0 aliphatic heterocycles. The molecule has 0 unspecified atom stereocenters. The van der Waals surface area contributed by atoms with Gasteiger partial charge in [-0.25, -0.2) is 9.97 Å². The molecular weight excluding hydrogens is 356 g/mol. The molecule has 1 aromatic carbocycles. The van der Waals surface area contributed by atoms with E-state index in [-0.39, 0.29) is 5.91 Å². The van der Waals surface area contributed by atoms with Crippen molar-refractivity contribution in [3.8, 4) is 11.3 Å². The van der Waals surface area contributed by atoms with Gasteiger partial charge in [0, 0.05) is 18.0 Å². The van der Waals surface area contributed by atoms with Gasteiger partial charge in [0.05, 0.1) is 5.56 Å². The van der Waals surface area contributed by atoms with E-state index in [1.165, 1.54) is 11.8 Å². The van der Waals surface area contributed by atoms with E-state index in [1.807, 2.05) is 66.2 Å². The Morgan fingerprint density at radius 1 is 1.07 bits per heavy atom. The molecule has 0 saturated carbocycles. The third-order valence-electron chi connectivity index (χ3n) is 4.33. The van der Waals surface area contributed by atoms with Crippen LogP contribution in [-0.2, 0) is 0 Å². The molecule has 1 amide bonds. The van der Waals surface area contributed by atoms with Crippen LogP contribution in [0.3, 0.4) is 0 Å². The third kappa shape index (κ3) is 3.19. The SMILES string of the molecule is CSc1ncccc1C(=O)Nc1c(-c2ccccc2)nc2c(C)cccn12. The molecule has 0 radical (unpaired) electrons. The fourth-order valence-electron chi connectivity index (χ4n) is 3.02. The van der Waals surface area contributed by atoms with Gasteiger partial charge in [0.15, 0.2) is 0 Å². The van der Waals surface area contributed by atoms with Crippen molar-refractivity contribution in [3.05, 3.63) is 78.1 Å². The van der Waals surface area contributed by atoms with E-state index < -0.39 is 0 Å². The number of anilines is 1. The number of nitrogens with zero attached hydrogens (tertiary/aromatic N) is 3. The van der Waals surface area contributed by atoms with Crippen LogP contribution in [0.15, 0.2) is 72.0 Å². The van der Waals surface area contributed by atoms with Gasteiger partial charge >= 0.3 is 0 Å². The van der Waals surface area contributed by atoms with E-state index in [0.717, 1.165) is 22.5 Å². The zero-order chi connectivity index (χ0) is 18.8. The number of carbonyl (C=O) groups excluding carboxylic acids is 1. The van der Waals surface area contributed by atoms with Crippen LogP contribution in [0.25, 0.3) is 16.9 Å². The maximum absolute atomic E-state index is 13.0. The Bertz CT molecular complexity index is 1120. The molecular formula is C21H18N4OS. The van der Waals surface area contributed by atoms with Crippen LogP contribution < -0.4 is 5.32 Å². The van der Waals surface area contributed by atoms with Gasteiger partial charge in [-0.1, -0.05) is 36.4 Å². The van der Waals surface area contributed by atoms with Crippen LogP contribution in [0, 0.1) is 6.92 Å². The van der Waals surface area contributed by atoms with E-state index >= 15 is 0 Å². The summed E-state index contributed by atoms with van der Waals surface area (Å²) in [4.78, 5) is 22.1. The van der Waals surface area contributed by atoms with E-state index in [9.17, 15) is 4.79 Å². The Kier molecular flexibility index (Phi) is 4.64. The van der Waals surface area contributed by atoms with Gasteiger partial charge in [0.25, 0.3) is 5.91 Å². The van der Waals surface area contributed by atoms with Gasteiger partial charge in [-0.2, -0.15) is 0 Å². The first-order valence-corrected chi connectivity index (χ1v) is 9.75. The van der Waals surface area contributed by atoms with Crippen molar-refractivity contribution < 1.29 is 4.79 Å². The molecule has 134 valence electrons. The lowest BCUT2D eigenvalue weighted by molar-refractivity contribution is 0.102. The number of amides is 1. The molecule has 0 spiro atoms. The highest BCUT2D eigenvalue weighted by Gasteiger charge is 2.19. The van der Waals surface area contributed by atoms with Crippen LogP contribution in [-0.4, -0.2) is 26.5 Å². The average molecular weight is 374 g/mol. The molecule has 0 atom stereocenters. The van der Waals surface area contributed by atoms with E-state index in [4.69, 9.17) is 4.98 Å². The number of imidazole rings is 1. The lowest BCUT2D eigenvalue weighted by Crippen LogP contribution is -2.15. The van der Waals surface area contributed by atoms with E-state index in [2.05, 4.69) is 10.3 Å². The Morgan fingerprint density at radius 2 is 1.89 bits per heavy atom. The second-order valence-electron chi connectivity index (χ2n) is 6.07. The summed E-state index contributed by atoms with van der Waals surface area (Å²) in [6, 6.07) is 17.4. The second kappa shape index (κ2) is 7.25. The van der Waals surface area contributed by atoms with Crippen molar-refractivity contribution in [2.24, 2.45) is 0 Å². The average Bonchev–Trinajstić information content (AvgIpc) is 3.08. The largest absolute Gasteiger partial charge is 0.306 e. The van der Waals surface area contributed by atoms with Gasteiger partial charge in [-0.3, -0.25) is 9.20 Å². The minimum Gasteiger partial charge on any atom is -0.306 e. The number of pyridine rings is 2. The smallest absolute Gasteiger partial charge is 0.259 e. The molecule has 4 aromatic rings. The molecule has 1 N–H and O–H groups in total. The predicted octanol–water partition coefficient (Wildman–Crippen LogP) is 4.68. The van der Waals surface area contributed by atoms with Crippen LogP contribution in [0.1, 0.15) is 15.9 Å². The zero-order valence-electron chi connectivity index (χ0n) is 15.0. The summed E-state index contributed by atoms with van der Waals surface area (Å²) in [6.45, 7) is 2.01. The monoisotopic (exact) mass is 374 g/mol. The number of nitrogens with one attached hydrogen (secondary N) is 1. The maximum atomic E-state index is 13.0. The predicted molar refractivity (Wildman–Crippen MR) is 109 cm³/mol. The quantitative estimate of drug-likeness (QED) is 0.527. The highest BCUT2D eigenvalue weighted by atomic mass is 32.2. The van der Waals surface area contributed by atoms with Gasteiger partial charge in [-0.05, 0) is 36.9 Å². The Morgan fingerprint density at radius 3 is 2.67 bits per heavy atom. The molecule has 5 nitrogen and oxygen atoms in total. The molecule has 0 aliphatic rings. The summed E-state index contributed by atoms with van der Waals surface area (Å²) >= 11 is 1.45. The van der Waals surface area contributed by atoms with Gasteiger partial charge in [0.1, 0.15) is 22.2 Å². The van der Waals surface area contributed by atoms with Crippen molar-refractivity contribution in [2.75, 3.05) is 11.6 Å². The van der Waals surface area contributed by atoms with Gasteiger partial charge in [-0.15, -0.1) is 11.8 Å².